The minimum absolute atomic E-state index is 0.101. The summed E-state index contributed by atoms with van der Waals surface area (Å²) in [6.45, 7) is 0.297. The lowest BCUT2D eigenvalue weighted by Crippen LogP contribution is -2.31. The number of benzene rings is 1. The Morgan fingerprint density at radius 3 is 2.29 bits per heavy atom. The van der Waals surface area contributed by atoms with Crippen molar-refractivity contribution in [3.63, 3.8) is 0 Å². The smallest absolute Gasteiger partial charge is 0.337 e. The van der Waals surface area contributed by atoms with Gasteiger partial charge in [-0.15, -0.1) is 0 Å². The lowest BCUT2D eigenvalue weighted by molar-refractivity contribution is -0.137. The summed E-state index contributed by atoms with van der Waals surface area (Å²) in [5, 5.41) is 16.7. The molecule has 0 aliphatic rings. The third kappa shape index (κ3) is 5.94. The molecule has 0 aliphatic carbocycles. The van der Waals surface area contributed by atoms with Gasteiger partial charge in [-0.2, -0.15) is 23.7 Å². The zero-order valence-corrected chi connectivity index (χ0v) is 13.2. The molecule has 0 unspecified atom stereocenters. The van der Waals surface area contributed by atoms with Crippen LogP contribution >= 0.6 is 11.6 Å². The molecule has 0 bridgehead atoms. The van der Waals surface area contributed by atoms with E-state index in [1.807, 2.05) is 12.1 Å². The zero-order valence-electron chi connectivity index (χ0n) is 12.5. The third-order valence-electron chi connectivity index (χ3n) is 3.01. The van der Waals surface area contributed by atoms with E-state index in [9.17, 15) is 18.0 Å². The average Bonchev–Trinajstić information content (AvgIpc) is 2.53. The highest BCUT2D eigenvalue weighted by atomic mass is 35.5. The third-order valence-corrected chi connectivity index (χ3v) is 3.34. The molecule has 0 N–H and O–H groups in total. The highest BCUT2D eigenvalue weighted by Gasteiger charge is 2.33. The molecule has 0 aromatic heterocycles. The molecule has 1 rings (SSSR count). The maximum atomic E-state index is 12.8. The van der Waals surface area contributed by atoms with Crippen LogP contribution in [0.25, 0.3) is 6.08 Å². The lowest BCUT2D eigenvalue weighted by atomic mass is 10.1. The van der Waals surface area contributed by atoms with Crippen LogP contribution in [0.1, 0.15) is 24.0 Å². The number of nitriles is 2. The van der Waals surface area contributed by atoms with Crippen molar-refractivity contribution in [1.29, 1.82) is 10.5 Å². The Bertz CT molecular complexity index is 684. The van der Waals surface area contributed by atoms with E-state index in [1.165, 1.54) is 17.0 Å². The predicted molar refractivity (Wildman–Crippen MR) is 82.5 cm³/mol. The first-order chi connectivity index (χ1) is 11.3. The number of alkyl halides is 3. The Morgan fingerprint density at radius 2 is 1.79 bits per heavy atom. The molecule has 0 fully saturated rings. The van der Waals surface area contributed by atoms with Crippen LogP contribution in [-0.2, 0) is 11.0 Å². The van der Waals surface area contributed by atoms with Gasteiger partial charge >= 0.3 is 6.18 Å². The summed E-state index contributed by atoms with van der Waals surface area (Å²) in [6.07, 6.45) is -2.04. The molecule has 0 atom stereocenters. The van der Waals surface area contributed by atoms with Crippen LogP contribution < -0.4 is 0 Å². The van der Waals surface area contributed by atoms with E-state index in [-0.39, 0.29) is 31.5 Å². The molecule has 1 amide bonds. The van der Waals surface area contributed by atoms with Gasteiger partial charge in [0.15, 0.2) is 0 Å². The van der Waals surface area contributed by atoms with Gasteiger partial charge in [0, 0.05) is 19.2 Å². The summed E-state index contributed by atoms with van der Waals surface area (Å²) >= 11 is 5.53. The molecule has 0 saturated heterocycles. The molecule has 1 aromatic rings. The predicted octanol–water partition coefficient (Wildman–Crippen LogP) is 4.03. The Morgan fingerprint density at radius 1 is 1.21 bits per heavy atom. The van der Waals surface area contributed by atoms with Gasteiger partial charge in [-0.1, -0.05) is 17.7 Å². The van der Waals surface area contributed by atoms with Crippen molar-refractivity contribution in [3.8, 4) is 12.1 Å². The average molecular weight is 356 g/mol. The van der Waals surface area contributed by atoms with Gasteiger partial charge in [-0.25, -0.2) is 0 Å². The van der Waals surface area contributed by atoms with E-state index in [2.05, 4.69) is 0 Å². The first kappa shape index (κ1) is 19.5. The molecule has 0 radical (unpaired) electrons. The quantitative estimate of drug-likeness (QED) is 0.723. The summed E-state index contributed by atoms with van der Waals surface area (Å²) in [4.78, 5) is 13.3. The van der Waals surface area contributed by atoms with Crippen molar-refractivity contribution >= 4 is 23.6 Å². The molecule has 0 saturated carbocycles. The van der Waals surface area contributed by atoms with Crippen LogP contribution in [0.2, 0.25) is 5.02 Å². The highest BCUT2D eigenvalue weighted by Crippen LogP contribution is 2.35. The fourth-order valence-electron chi connectivity index (χ4n) is 1.84. The molecular weight excluding hydrogens is 343 g/mol. The maximum Gasteiger partial charge on any atom is 0.417 e. The van der Waals surface area contributed by atoms with Crippen molar-refractivity contribution in [1.82, 2.24) is 4.90 Å². The van der Waals surface area contributed by atoms with Crippen molar-refractivity contribution in [2.75, 3.05) is 13.1 Å². The molecule has 4 nitrogen and oxygen atoms in total. The summed E-state index contributed by atoms with van der Waals surface area (Å²) < 4.78 is 38.4. The lowest BCUT2D eigenvalue weighted by Gasteiger charge is -2.18. The first-order valence-corrected chi connectivity index (χ1v) is 7.25. The van der Waals surface area contributed by atoms with Crippen molar-refractivity contribution in [2.45, 2.75) is 19.0 Å². The number of hydrogen-bond acceptors (Lipinski definition) is 3. The van der Waals surface area contributed by atoms with Gasteiger partial charge in [0.05, 0.1) is 35.6 Å². The second kappa shape index (κ2) is 8.95. The SMILES string of the molecule is N#CCCN(CCC#N)C(=O)/C=C/c1ccc(Cl)c(C(F)(F)F)c1. The van der Waals surface area contributed by atoms with Crippen LogP contribution in [0.5, 0.6) is 0 Å². The molecular formula is C16H13ClF3N3O. The number of nitrogens with zero attached hydrogens (tertiary/aromatic N) is 3. The van der Waals surface area contributed by atoms with Crippen LogP contribution in [0, 0.1) is 22.7 Å². The monoisotopic (exact) mass is 355 g/mol. The van der Waals surface area contributed by atoms with E-state index in [1.54, 1.807) is 0 Å². The Balaban J connectivity index is 2.92. The number of carbonyl (C=O) groups is 1. The van der Waals surface area contributed by atoms with Crippen molar-refractivity contribution in [3.05, 3.63) is 40.4 Å². The van der Waals surface area contributed by atoms with Crippen LogP contribution in [0.3, 0.4) is 0 Å². The highest BCUT2D eigenvalue weighted by molar-refractivity contribution is 6.31. The standard InChI is InChI=1S/C16H13ClF3N3O/c17-14-5-3-12(11-13(14)16(18,19)20)4-6-15(24)23(9-1-7-21)10-2-8-22/h3-6,11H,1-2,9-10H2/b6-4+. The number of amides is 1. The molecule has 24 heavy (non-hydrogen) atoms. The summed E-state index contributed by atoms with van der Waals surface area (Å²) in [5.74, 6) is -0.482. The van der Waals surface area contributed by atoms with Gasteiger partial charge in [0.1, 0.15) is 0 Å². The minimum Gasteiger partial charge on any atom is -0.337 e. The second-order valence-electron chi connectivity index (χ2n) is 4.71. The van der Waals surface area contributed by atoms with E-state index in [0.29, 0.717) is 0 Å². The fourth-order valence-corrected chi connectivity index (χ4v) is 2.06. The first-order valence-electron chi connectivity index (χ1n) is 6.87. The van der Waals surface area contributed by atoms with Crippen molar-refractivity contribution in [2.24, 2.45) is 0 Å². The fraction of sp³-hybridized carbons (Fsp3) is 0.312. The van der Waals surface area contributed by atoms with E-state index in [0.717, 1.165) is 18.2 Å². The van der Waals surface area contributed by atoms with Crippen LogP contribution in [0.4, 0.5) is 13.2 Å². The normalized spacial score (nSPS) is 11.1. The summed E-state index contributed by atoms with van der Waals surface area (Å²) in [6, 6.07) is 7.10. The van der Waals surface area contributed by atoms with Gasteiger partial charge < -0.3 is 4.90 Å². The van der Waals surface area contributed by atoms with Gasteiger partial charge in [0.25, 0.3) is 0 Å². The van der Waals surface area contributed by atoms with Gasteiger partial charge in [-0.3, -0.25) is 4.79 Å². The number of halogens is 4. The molecule has 0 spiro atoms. The van der Waals surface area contributed by atoms with Crippen LogP contribution in [0.15, 0.2) is 24.3 Å². The van der Waals surface area contributed by atoms with E-state index in [4.69, 9.17) is 22.1 Å². The number of rotatable bonds is 6. The summed E-state index contributed by atoms with van der Waals surface area (Å²) in [5.41, 5.74) is -0.815. The topological polar surface area (TPSA) is 67.9 Å². The van der Waals surface area contributed by atoms with Crippen molar-refractivity contribution < 1.29 is 18.0 Å². The Hall–Kier alpha value is -2.51. The zero-order chi connectivity index (χ0) is 18.2. The second-order valence-corrected chi connectivity index (χ2v) is 5.12. The van der Waals surface area contributed by atoms with E-state index >= 15 is 0 Å². The molecule has 8 heteroatoms. The molecule has 0 heterocycles. The largest absolute Gasteiger partial charge is 0.417 e. The number of hydrogen-bond donors (Lipinski definition) is 0. The molecule has 126 valence electrons. The Kier molecular flexibility index (Phi) is 7.29. The number of carbonyl (C=O) groups excluding carboxylic acids is 1. The maximum absolute atomic E-state index is 12.8. The van der Waals surface area contributed by atoms with Gasteiger partial charge in [-0.05, 0) is 23.8 Å². The molecule has 1 aromatic carbocycles. The minimum atomic E-state index is -4.59. The van der Waals surface area contributed by atoms with Gasteiger partial charge in [0.2, 0.25) is 5.91 Å². The molecule has 0 aliphatic heterocycles. The Labute approximate surface area is 142 Å². The van der Waals surface area contributed by atoms with Crippen LogP contribution in [-0.4, -0.2) is 23.9 Å². The summed E-state index contributed by atoms with van der Waals surface area (Å²) in [7, 11) is 0. The van der Waals surface area contributed by atoms with E-state index < -0.39 is 22.7 Å².